The SMILES string of the molecule is CC(Oc1cc2ccccc2cc1O)C(=O)N(C)C. The molecule has 19 heavy (non-hydrogen) atoms. The third kappa shape index (κ3) is 2.78. The number of benzene rings is 2. The summed E-state index contributed by atoms with van der Waals surface area (Å²) in [5.74, 6) is 0.214. The van der Waals surface area contributed by atoms with Crippen molar-refractivity contribution in [1.82, 2.24) is 4.90 Å². The molecular formula is C15H17NO3. The lowest BCUT2D eigenvalue weighted by atomic mass is 10.1. The predicted octanol–water partition coefficient (Wildman–Crippen LogP) is 2.40. The van der Waals surface area contributed by atoms with Crippen LogP contribution in [0, 0.1) is 0 Å². The Bertz CT molecular complexity index is 607. The first-order chi connectivity index (χ1) is 8.99. The van der Waals surface area contributed by atoms with Crippen LogP contribution in [0.25, 0.3) is 10.8 Å². The number of nitrogens with zero attached hydrogens (tertiary/aromatic N) is 1. The van der Waals surface area contributed by atoms with Gasteiger partial charge < -0.3 is 14.7 Å². The van der Waals surface area contributed by atoms with Gasteiger partial charge in [-0.05, 0) is 29.8 Å². The van der Waals surface area contributed by atoms with Gasteiger partial charge in [-0.2, -0.15) is 0 Å². The Kier molecular flexibility index (Phi) is 3.60. The summed E-state index contributed by atoms with van der Waals surface area (Å²) in [6, 6.07) is 11.0. The molecule has 0 aromatic heterocycles. The number of ether oxygens (including phenoxy) is 1. The zero-order valence-corrected chi connectivity index (χ0v) is 11.3. The highest BCUT2D eigenvalue weighted by molar-refractivity contribution is 5.86. The van der Waals surface area contributed by atoms with E-state index in [1.54, 1.807) is 33.2 Å². The van der Waals surface area contributed by atoms with Crippen LogP contribution in [0.2, 0.25) is 0 Å². The molecule has 0 spiro atoms. The average Bonchev–Trinajstić information content (AvgIpc) is 2.38. The number of phenolic OH excluding ortho intramolecular Hbond substituents is 1. The summed E-state index contributed by atoms with van der Waals surface area (Å²) >= 11 is 0. The van der Waals surface area contributed by atoms with Crippen LogP contribution in [-0.2, 0) is 4.79 Å². The van der Waals surface area contributed by atoms with Crippen LogP contribution in [0.5, 0.6) is 11.5 Å². The molecule has 0 radical (unpaired) electrons. The summed E-state index contributed by atoms with van der Waals surface area (Å²) in [6.07, 6.45) is -0.637. The van der Waals surface area contributed by atoms with Gasteiger partial charge in [-0.1, -0.05) is 24.3 Å². The average molecular weight is 259 g/mol. The van der Waals surface area contributed by atoms with Crippen molar-refractivity contribution >= 4 is 16.7 Å². The zero-order valence-electron chi connectivity index (χ0n) is 11.3. The van der Waals surface area contributed by atoms with Gasteiger partial charge in [0, 0.05) is 14.1 Å². The Morgan fingerprint density at radius 1 is 1.21 bits per heavy atom. The number of amides is 1. The van der Waals surface area contributed by atoms with Gasteiger partial charge in [-0.15, -0.1) is 0 Å². The molecule has 0 saturated heterocycles. The number of phenols is 1. The summed E-state index contributed by atoms with van der Waals surface area (Å²) in [5, 5.41) is 11.8. The monoisotopic (exact) mass is 259 g/mol. The van der Waals surface area contributed by atoms with Gasteiger partial charge in [-0.3, -0.25) is 4.79 Å². The predicted molar refractivity (Wildman–Crippen MR) is 74.4 cm³/mol. The minimum absolute atomic E-state index is 0.0390. The summed E-state index contributed by atoms with van der Waals surface area (Å²) in [7, 11) is 3.34. The molecule has 100 valence electrons. The molecule has 0 aliphatic heterocycles. The molecule has 0 saturated carbocycles. The van der Waals surface area contributed by atoms with E-state index in [0.717, 1.165) is 10.8 Å². The quantitative estimate of drug-likeness (QED) is 0.920. The highest BCUT2D eigenvalue weighted by Gasteiger charge is 2.18. The Labute approximate surface area is 112 Å². The number of fused-ring (bicyclic) bond motifs is 1. The number of carbonyl (C=O) groups is 1. The maximum Gasteiger partial charge on any atom is 0.262 e. The molecular weight excluding hydrogens is 242 g/mol. The van der Waals surface area contributed by atoms with Gasteiger partial charge >= 0.3 is 0 Å². The fraction of sp³-hybridized carbons (Fsp3) is 0.267. The van der Waals surface area contributed by atoms with Gasteiger partial charge in [0.2, 0.25) is 0 Å². The Morgan fingerprint density at radius 3 is 2.37 bits per heavy atom. The second-order valence-electron chi connectivity index (χ2n) is 4.66. The van der Waals surface area contributed by atoms with Gasteiger partial charge in [0.25, 0.3) is 5.91 Å². The normalized spacial score (nSPS) is 12.2. The number of hydrogen-bond acceptors (Lipinski definition) is 3. The highest BCUT2D eigenvalue weighted by Crippen LogP contribution is 2.32. The van der Waals surface area contributed by atoms with Gasteiger partial charge in [-0.25, -0.2) is 0 Å². The lowest BCUT2D eigenvalue weighted by Crippen LogP contribution is -2.35. The molecule has 0 heterocycles. The van der Waals surface area contributed by atoms with Crippen molar-refractivity contribution in [3.05, 3.63) is 36.4 Å². The van der Waals surface area contributed by atoms with E-state index in [9.17, 15) is 9.90 Å². The minimum Gasteiger partial charge on any atom is -0.504 e. The second-order valence-corrected chi connectivity index (χ2v) is 4.66. The van der Waals surface area contributed by atoms with E-state index in [1.807, 2.05) is 24.3 Å². The standard InChI is InChI=1S/C15H17NO3/c1-10(15(18)16(2)3)19-14-9-12-7-5-4-6-11(12)8-13(14)17/h4-10,17H,1-3H3. The fourth-order valence-electron chi connectivity index (χ4n) is 1.91. The largest absolute Gasteiger partial charge is 0.504 e. The van der Waals surface area contributed by atoms with Crippen LogP contribution in [0.4, 0.5) is 0 Å². The molecule has 0 fully saturated rings. The van der Waals surface area contributed by atoms with Gasteiger partial charge in [0.05, 0.1) is 0 Å². The van der Waals surface area contributed by atoms with Crippen molar-refractivity contribution in [2.75, 3.05) is 14.1 Å². The number of aromatic hydroxyl groups is 1. The lowest BCUT2D eigenvalue weighted by molar-refractivity contribution is -0.135. The first-order valence-electron chi connectivity index (χ1n) is 6.08. The fourth-order valence-corrected chi connectivity index (χ4v) is 1.91. The third-order valence-corrected chi connectivity index (χ3v) is 2.92. The van der Waals surface area contributed by atoms with Crippen LogP contribution in [-0.4, -0.2) is 36.1 Å². The van der Waals surface area contributed by atoms with E-state index in [4.69, 9.17) is 4.74 Å². The van der Waals surface area contributed by atoms with Crippen molar-refractivity contribution in [3.63, 3.8) is 0 Å². The van der Waals surface area contributed by atoms with Crippen LogP contribution in [0.3, 0.4) is 0 Å². The molecule has 1 amide bonds. The molecule has 2 rings (SSSR count). The summed E-state index contributed by atoms with van der Waals surface area (Å²) in [4.78, 5) is 13.2. The Morgan fingerprint density at radius 2 is 1.79 bits per heavy atom. The number of carbonyl (C=O) groups excluding carboxylic acids is 1. The van der Waals surface area contributed by atoms with Crippen molar-refractivity contribution in [2.45, 2.75) is 13.0 Å². The van der Waals surface area contributed by atoms with E-state index < -0.39 is 6.10 Å². The Balaban J connectivity index is 2.30. The molecule has 4 nitrogen and oxygen atoms in total. The highest BCUT2D eigenvalue weighted by atomic mass is 16.5. The van der Waals surface area contributed by atoms with Crippen molar-refractivity contribution < 1.29 is 14.6 Å². The molecule has 0 aliphatic carbocycles. The minimum atomic E-state index is -0.637. The summed E-state index contributed by atoms with van der Waals surface area (Å²) in [6.45, 7) is 1.66. The number of likely N-dealkylation sites (N-methyl/N-ethyl adjacent to an activating group) is 1. The van der Waals surface area contributed by atoms with E-state index in [2.05, 4.69) is 0 Å². The first-order valence-corrected chi connectivity index (χ1v) is 6.08. The summed E-state index contributed by atoms with van der Waals surface area (Å²) in [5.41, 5.74) is 0. The van der Waals surface area contributed by atoms with Crippen molar-refractivity contribution in [1.29, 1.82) is 0 Å². The topological polar surface area (TPSA) is 49.8 Å². The molecule has 2 aromatic carbocycles. The second kappa shape index (κ2) is 5.18. The van der Waals surface area contributed by atoms with Crippen LogP contribution in [0.1, 0.15) is 6.92 Å². The smallest absolute Gasteiger partial charge is 0.262 e. The van der Waals surface area contributed by atoms with Crippen molar-refractivity contribution in [2.24, 2.45) is 0 Å². The van der Waals surface area contributed by atoms with Gasteiger partial charge in [0.1, 0.15) is 0 Å². The number of rotatable bonds is 3. The van der Waals surface area contributed by atoms with Crippen LogP contribution >= 0.6 is 0 Å². The van der Waals surface area contributed by atoms with E-state index >= 15 is 0 Å². The van der Waals surface area contributed by atoms with Crippen LogP contribution < -0.4 is 4.74 Å². The van der Waals surface area contributed by atoms with E-state index in [0.29, 0.717) is 5.75 Å². The molecule has 0 aliphatic rings. The molecule has 1 atom stereocenters. The summed E-state index contributed by atoms with van der Waals surface area (Å²) < 4.78 is 5.54. The van der Waals surface area contributed by atoms with Gasteiger partial charge in [0.15, 0.2) is 17.6 Å². The Hall–Kier alpha value is -2.23. The van der Waals surface area contributed by atoms with E-state index in [1.165, 1.54) is 4.90 Å². The van der Waals surface area contributed by atoms with Crippen molar-refractivity contribution in [3.8, 4) is 11.5 Å². The maximum atomic E-state index is 11.7. The zero-order chi connectivity index (χ0) is 14.0. The maximum absolute atomic E-state index is 11.7. The molecule has 2 aromatic rings. The lowest BCUT2D eigenvalue weighted by Gasteiger charge is -2.19. The first kappa shape index (κ1) is 13.2. The molecule has 1 N–H and O–H groups in total. The molecule has 4 heteroatoms. The molecule has 0 bridgehead atoms. The van der Waals surface area contributed by atoms with Crippen LogP contribution in [0.15, 0.2) is 36.4 Å². The molecule has 1 unspecified atom stereocenters. The van der Waals surface area contributed by atoms with E-state index in [-0.39, 0.29) is 11.7 Å². The third-order valence-electron chi connectivity index (χ3n) is 2.92. The number of hydrogen-bond donors (Lipinski definition) is 1.